The molecule has 0 amide bonds. The Labute approximate surface area is 125 Å². The summed E-state index contributed by atoms with van der Waals surface area (Å²) in [6.45, 7) is 2.49. The van der Waals surface area contributed by atoms with Gasteiger partial charge >= 0.3 is 0 Å². The van der Waals surface area contributed by atoms with Crippen molar-refractivity contribution in [2.24, 2.45) is 0 Å². The minimum Gasteiger partial charge on any atom is -0.421 e. The molecule has 2 aromatic heterocycles. The van der Waals surface area contributed by atoms with Crippen molar-refractivity contribution < 1.29 is 4.42 Å². The average molecular weight is 306 g/mol. The molecular weight excluding hydrogens is 294 g/mol. The summed E-state index contributed by atoms with van der Waals surface area (Å²) in [5.74, 6) is 1.08. The molecule has 0 radical (unpaired) electrons. The zero-order chi connectivity index (χ0) is 13.9. The highest BCUT2D eigenvalue weighted by Gasteiger charge is 2.10. The van der Waals surface area contributed by atoms with E-state index in [1.165, 1.54) is 4.88 Å². The minimum atomic E-state index is 0.523. The van der Waals surface area contributed by atoms with Crippen LogP contribution < -0.4 is 5.32 Å². The maximum Gasteiger partial charge on any atom is 0.249 e. The topological polar surface area (TPSA) is 51.0 Å². The zero-order valence-corrected chi connectivity index (χ0v) is 12.3. The molecule has 0 atom stereocenters. The average Bonchev–Trinajstić information content (AvgIpc) is 3.06. The van der Waals surface area contributed by atoms with Crippen molar-refractivity contribution in [2.75, 3.05) is 5.32 Å². The lowest BCUT2D eigenvalue weighted by atomic mass is 10.2. The summed E-state index contributed by atoms with van der Waals surface area (Å²) in [6, 6.07) is 11.8. The fourth-order valence-electron chi connectivity index (χ4n) is 1.86. The molecule has 4 nitrogen and oxygen atoms in total. The Balaban J connectivity index is 1.83. The molecule has 0 fully saturated rings. The van der Waals surface area contributed by atoms with Crippen LogP contribution >= 0.6 is 22.9 Å². The first-order valence-electron chi connectivity index (χ1n) is 6.10. The van der Waals surface area contributed by atoms with Crippen molar-refractivity contribution in [3.8, 4) is 11.5 Å². The summed E-state index contributed by atoms with van der Waals surface area (Å²) >= 11 is 7.49. The molecule has 20 heavy (non-hydrogen) atoms. The molecule has 0 unspecified atom stereocenters. The number of benzene rings is 1. The van der Waals surface area contributed by atoms with Crippen molar-refractivity contribution in [1.82, 2.24) is 10.2 Å². The van der Waals surface area contributed by atoms with Gasteiger partial charge in [0.25, 0.3) is 0 Å². The van der Waals surface area contributed by atoms with Crippen molar-refractivity contribution in [3.63, 3.8) is 0 Å². The van der Waals surface area contributed by atoms with E-state index < -0.39 is 0 Å². The Bertz CT molecular complexity index is 723. The van der Waals surface area contributed by atoms with Gasteiger partial charge in [-0.1, -0.05) is 23.7 Å². The lowest BCUT2D eigenvalue weighted by molar-refractivity contribution is 0.533. The SMILES string of the molecule is Cc1nnc(-c2ccccc2NCc2ccc(Cl)s2)o1. The third-order valence-corrected chi connectivity index (χ3v) is 4.00. The molecule has 0 saturated heterocycles. The number of hydrogen-bond donors (Lipinski definition) is 1. The molecule has 3 rings (SSSR count). The second kappa shape index (κ2) is 5.64. The number of thiophene rings is 1. The Morgan fingerprint density at radius 1 is 1.20 bits per heavy atom. The maximum absolute atomic E-state index is 5.93. The normalized spacial score (nSPS) is 10.7. The van der Waals surface area contributed by atoms with Crippen LogP contribution in [0.4, 0.5) is 5.69 Å². The summed E-state index contributed by atoms with van der Waals surface area (Å²) < 4.78 is 6.28. The molecule has 0 saturated carbocycles. The number of aromatic nitrogens is 2. The number of para-hydroxylation sites is 1. The molecule has 3 aromatic rings. The highest BCUT2D eigenvalue weighted by Crippen LogP contribution is 2.28. The molecule has 1 N–H and O–H groups in total. The smallest absolute Gasteiger partial charge is 0.249 e. The van der Waals surface area contributed by atoms with Crippen LogP contribution in [0.2, 0.25) is 4.34 Å². The van der Waals surface area contributed by atoms with Crippen molar-refractivity contribution in [2.45, 2.75) is 13.5 Å². The Hall–Kier alpha value is -1.85. The van der Waals surface area contributed by atoms with Crippen LogP contribution in [0.15, 0.2) is 40.8 Å². The van der Waals surface area contributed by atoms with Crippen molar-refractivity contribution in [1.29, 1.82) is 0 Å². The molecule has 1 aromatic carbocycles. The van der Waals surface area contributed by atoms with Gasteiger partial charge in [-0.3, -0.25) is 0 Å². The van der Waals surface area contributed by atoms with Crippen LogP contribution in [0, 0.1) is 6.92 Å². The first-order valence-corrected chi connectivity index (χ1v) is 7.29. The predicted molar refractivity (Wildman–Crippen MR) is 81.1 cm³/mol. The van der Waals surface area contributed by atoms with Gasteiger partial charge in [-0.05, 0) is 24.3 Å². The zero-order valence-electron chi connectivity index (χ0n) is 10.8. The van der Waals surface area contributed by atoms with Crippen LogP contribution in [0.3, 0.4) is 0 Å². The monoisotopic (exact) mass is 305 g/mol. The molecule has 0 aliphatic rings. The van der Waals surface area contributed by atoms with Crippen LogP contribution in [-0.4, -0.2) is 10.2 Å². The molecule has 0 spiro atoms. The van der Waals surface area contributed by atoms with Gasteiger partial charge in [0.05, 0.1) is 9.90 Å². The Kier molecular flexibility index (Phi) is 3.71. The van der Waals surface area contributed by atoms with E-state index in [0.717, 1.165) is 15.6 Å². The molecule has 0 bridgehead atoms. The molecule has 102 valence electrons. The predicted octanol–water partition coefficient (Wildman–Crippen LogP) is 4.37. The fraction of sp³-hybridized carbons (Fsp3) is 0.143. The number of nitrogens with one attached hydrogen (secondary N) is 1. The molecule has 6 heteroatoms. The van der Waals surface area contributed by atoms with E-state index in [-0.39, 0.29) is 0 Å². The maximum atomic E-state index is 5.93. The third kappa shape index (κ3) is 2.84. The number of hydrogen-bond acceptors (Lipinski definition) is 5. The van der Waals surface area contributed by atoms with Gasteiger partial charge in [0.1, 0.15) is 0 Å². The lowest BCUT2D eigenvalue weighted by Gasteiger charge is -2.08. The number of halogens is 1. The van der Waals surface area contributed by atoms with Gasteiger partial charge in [-0.2, -0.15) is 0 Å². The lowest BCUT2D eigenvalue weighted by Crippen LogP contribution is -1.99. The van der Waals surface area contributed by atoms with Crippen LogP contribution in [0.1, 0.15) is 10.8 Å². The second-order valence-corrected chi connectivity index (χ2v) is 6.03. The van der Waals surface area contributed by atoms with Crippen LogP contribution in [0.25, 0.3) is 11.5 Å². The highest BCUT2D eigenvalue weighted by atomic mass is 35.5. The van der Waals surface area contributed by atoms with Crippen LogP contribution in [-0.2, 0) is 6.54 Å². The second-order valence-electron chi connectivity index (χ2n) is 4.23. The van der Waals surface area contributed by atoms with E-state index in [9.17, 15) is 0 Å². The van der Waals surface area contributed by atoms with Gasteiger partial charge < -0.3 is 9.73 Å². The molecule has 2 heterocycles. The molecule has 0 aliphatic carbocycles. The van der Waals surface area contributed by atoms with Gasteiger partial charge in [-0.15, -0.1) is 21.5 Å². The summed E-state index contributed by atoms with van der Waals surface area (Å²) in [4.78, 5) is 1.17. The Morgan fingerprint density at radius 2 is 2.05 bits per heavy atom. The van der Waals surface area contributed by atoms with Gasteiger partial charge in [0, 0.05) is 24.0 Å². The molecular formula is C14H12ClN3OS. The van der Waals surface area contributed by atoms with Gasteiger partial charge in [0.2, 0.25) is 11.8 Å². The van der Waals surface area contributed by atoms with E-state index in [1.807, 2.05) is 36.4 Å². The number of aryl methyl sites for hydroxylation is 1. The largest absolute Gasteiger partial charge is 0.421 e. The summed E-state index contributed by atoms with van der Waals surface area (Å²) in [7, 11) is 0. The highest BCUT2D eigenvalue weighted by molar-refractivity contribution is 7.16. The Morgan fingerprint density at radius 3 is 2.75 bits per heavy atom. The molecule has 0 aliphatic heterocycles. The number of anilines is 1. The number of nitrogens with zero attached hydrogens (tertiary/aromatic N) is 2. The minimum absolute atomic E-state index is 0.523. The van der Waals surface area contributed by atoms with Crippen molar-refractivity contribution >= 4 is 28.6 Å². The van der Waals surface area contributed by atoms with E-state index in [1.54, 1.807) is 18.3 Å². The van der Waals surface area contributed by atoms with E-state index in [4.69, 9.17) is 16.0 Å². The van der Waals surface area contributed by atoms with Gasteiger partial charge in [0.15, 0.2) is 0 Å². The van der Waals surface area contributed by atoms with E-state index in [2.05, 4.69) is 15.5 Å². The third-order valence-electron chi connectivity index (χ3n) is 2.77. The first kappa shape index (κ1) is 13.1. The summed E-state index contributed by atoms with van der Waals surface area (Å²) in [5, 5.41) is 11.3. The first-order chi connectivity index (χ1) is 9.72. The van der Waals surface area contributed by atoms with Crippen LogP contribution in [0.5, 0.6) is 0 Å². The van der Waals surface area contributed by atoms with Crippen molar-refractivity contribution in [3.05, 3.63) is 51.5 Å². The summed E-state index contributed by atoms with van der Waals surface area (Å²) in [6.07, 6.45) is 0. The summed E-state index contributed by atoms with van der Waals surface area (Å²) in [5.41, 5.74) is 1.86. The quantitative estimate of drug-likeness (QED) is 0.777. The standard InChI is InChI=1S/C14H12ClN3OS/c1-9-17-18-14(19-9)11-4-2-3-5-12(11)16-8-10-6-7-13(15)20-10/h2-7,16H,8H2,1H3. The van der Waals surface area contributed by atoms with E-state index in [0.29, 0.717) is 18.3 Å². The fourth-order valence-corrected chi connectivity index (χ4v) is 2.89. The van der Waals surface area contributed by atoms with E-state index >= 15 is 0 Å². The van der Waals surface area contributed by atoms with Gasteiger partial charge in [-0.25, -0.2) is 0 Å². The number of rotatable bonds is 4.